The van der Waals surface area contributed by atoms with E-state index in [1.165, 1.54) is 11.8 Å². The maximum Gasteiger partial charge on any atom is 0.328 e. The highest BCUT2D eigenvalue weighted by Crippen LogP contribution is 2.01. The lowest BCUT2D eigenvalue weighted by molar-refractivity contribution is -0.143. The zero-order chi connectivity index (χ0) is 18.0. The van der Waals surface area contributed by atoms with E-state index in [0.717, 1.165) is 0 Å². The van der Waals surface area contributed by atoms with Crippen LogP contribution in [-0.4, -0.2) is 70.6 Å². The molecule has 0 spiro atoms. The first-order valence-corrected chi connectivity index (χ1v) is 8.09. The van der Waals surface area contributed by atoms with Crippen LogP contribution in [0.4, 0.5) is 0 Å². The fraction of sp³-hybridized carbons (Fsp3) is 0.667. The minimum absolute atomic E-state index is 0.367. The number of carboxylic acid groups (broad SMARTS) is 1. The van der Waals surface area contributed by atoms with Crippen LogP contribution in [0.5, 0.6) is 0 Å². The molecule has 0 aromatic heterocycles. The van der Waals surface area contributed by atoms with Crippen molar-refractivity contribution in [2.24, 2.45) is 11.5 Å². The highest BCUT2D eigenvalue weighted by Gasteiger charge is 2.28. The molecule has 3 atom stereocenters. The summed E-state index contributed by atoms with van der Waals surface area (Å²) in [6.07, 6.45) is 1.69. The van der Waals surface area contributed by atoms with Crippen molar-refractivity contribution in [3.8, 4) is 0 Å². The third kappa shape index (κ3) is 8.38. The molecular weight excluding hydrogens is 328 g/mol. The van der Waals surface area contributed by atoms with Gasteiger partial charge in [0.05, 0.1) is 19.1 Å². The Hall–Kier alpha value is -1.85. The van der Waals surface area contributed by atoms with Crippen molar-refractivity contribution >= 4 is 35.5 Å². The SMILES string of the molecule is CSCCC(N)C(=O)NC(CC(N)=O)C(=O)NC(CO)C(=O)O. The highest BCUT2D eigenvalue weighted by molar-refractivity contribution is 7.98. The molecule has 0 saturated carbocycles. The highest BCUT2D eigenvalue weighted by atomic mass is 32.2. The maximum absolute atomic E-state index is 12.0. The largest absolute Gasteiger partial charge is 0.480 e. The van der Waals surface area contributed by atoms with E-state index >= 15 is 0 Å². The van der Waals surface area contributed by atoms with Gasteiger partial charge in [-0.15, -0.1) is 0 Å². The number of rotatable bonds is 11. The second-order valence-corrected chi connectivity index (χ2v) is 5.69. The van der Waals surface area contributed by atoms with E-state index in [1.54, 1.807) is 0 Å². The number of primary amides is 1. The topological polar surface area (TPSA) is 185 Å². The standard InChI is InChI=1S/C12H22N4O6S/c1-23-3-2-6(13)10(19)15-7(4-9(14)18)11(20)16-8(5-17)12(21)22/h6-8,17H,2-5,13H2,1H3,(H2,14,18)(H,15,19)(H,16,20)(H,21,22). The lowest BCUT2D eigenvalue weighted by atomic mass is 10.1. The third-order valence-electron chi connectivity index (χ3n) is 2.81. The van der Waals surface area contributed by atoms with Gasteiger partial charge in [0.25, 0.3) is 0 Å². The molecule has 0 heterocycles. The molecule has 0 bridgehead atoms. The molecule has 3 amide bonds. The van der Waals surface area contributed by atoms with Crippen LogP contribution in [0.2, 0.25) is 0 Å². The van der Waals surface area contributed by atoms with Gasteiger partial charge in [0.2, 0.25) is 17.7 Å². The van der Waals surface area contributed by atoms with Crippen molar-refractivity contribution in [1.82, 2.24) is 10.6 Å². The molecule has 0 fully saturated rings. The Kier molecular flexibility index (Phi) is 9.94. The molecule has 3 unspecified atom stereocenters. The molecule has 8 N–H and O–H groups in total. The van der Waals surface area contributed by atoms with Crippen molar-refractivity contribution < 1.29 is 29.4 Å². The number of nitrogens with one attached hydrogen (secondary N) is 2. The van der Waals surface area contributed by atoms with Gasteiger partial charge in [-0.1, -0.05) is 0 Å². The molecule has 11 heteroatoms. The number of carbonyl (C=O) groups is 4. The summed E-state index contributed by atoms with van der Waals surface area (Å²) >= 11 is 1.49. The molecule has 0 aromatic carbocycles. The number of nitrogens with two attached hydrogens (primary N) is 2. The Labute approximate surface area is 137 Å². The number of carboxylic acids is 1. The minimum atomic E-state index is -1.56. The van der Waals surface area contributed by atoms with E-state index in [9.17, 15) is 19.2 Å². The fourth-order valence-electron chi connectivity index (χ4n) is 1.52. The van der Waals surface area contributed by atoms with E-state index in [1.807, 2.05) is 11.6 Å². The van der Waals surface area contributed by atoms with Crippen LogP contribution in [0.1, 0.15) is 12.8 Å². The summed E-state index contributed by atoms with van der Waals surface area (Å²) in [5.74, 6) is -3.29. The predicted molar refractivity (Wildman–Crippen MR) is 83.4 cm³/mol. The quantitative estimate of drug-likeness (QED) is 0.227. The Morgan fingerprint density at radius 3 is 2.13 bits per heavy atom. The first kappa shape index (κ1) is 21.1. The van der Waals surface area contributed by atoms with Gasteiger partial charge >= 0.3 is 5.97 Å². The van der Waals surface area contributed by atoms with Gasteiger partial charge in [-0.25, -0.2) is 4.79 Å². The molecule has 0 radical (unpaired) electrons. The third-order valence-corrected chi connectivity index (χ3v) is 3.45. The number of aliphatic hydroxyl groups is 1. The van der Waals surface area contributed by atoms with E-state index < -0.39 is 54.8 Å². The van der Waals surface area contributed by atoms with Gasteiger partial charge in [0, 0.05) is 0 Å². The van der Waals surface area contributed by atoms with Gasteiger partial charge in [0.1, 0.15) is 12.1 Å². The Balaban J connectivity index is 4.86. The fourth-order valence-corrected chi connectivity index (χ4v) is 2.01. The van der Waals surface area contributed by atoms with Crippen molar-refractivity contribution in [2.45, 2.75) is 31.0 Å². The summed E-state index contributed by atoms with van der Waals surface area (Å²) in [4.78, 5) is 45.7. The van der Waals surface area contributed by atoms with Crippen LogP contribution in [0.25, 0.3) is 0 Å². The smallest absolute Gasteiger partial charge is 0.328 e. The molecule has 0 rings (SSSR count). The zero-order valence-corrected chi connectivity index (χ0v) is 13.5. The van der Waals surface area contributed by atoms with Crippen molar-refractivity contribution in [3.63, 3.8) is 0 Å². The average Bonchev–Trinajstić information content (AvgIpc) is 2.48. The molecule has 132 valence electrons. The Bertz CT molecular complexity index is 447. The first-order chi connectivity index (χ1) is 10.7. The van der Waals surface area contributed by atoms with E-state index in [-0.39, 0.29) is 0 Å². The van der Waals surface area contributed by atoms with Crippen LogP contribution in [-0.2, 0) is 19.2 Å². The maximum atomic E-state index is 12.0. The summed E-state index contributed by atoms with van der Waals surface area (Å²) in [5.41, 5.74) is 10.7. The van der Waals surface area contributed by atoms with Crippen molar-refractivity contribution in [3.05, 3.63) is 0 Å². The molecule has 0 saturated heterocycles. The molecule has 0 aliphatic rings. The number of hydrogen-bond donors (Lipinski definition) is 6. The van der Waals surface area contributed by atoms with Gasteiger partial charge in [-0.2, -0.15) is 11.8 Å². The summed E-state index contributed by atoms with van der Waals surface area (Å²) < 4.78 is 0. The van der Waals surface area contributed by atoms with Crippen molar-refractivity contribution in [1.29, 1.82) is 0 Å². The molecule has 0 aromatic rings. The molecule has 0 aliphatic heterocycles. The van der Waals surface area contributed by atoms with E-state index in [2.05, 4.69) is 5.32 Å². The number of hydrogen-bond acceptors (Lipinski definition) is 7. The monoisotopic (exact) mass is 350 g/mol. The molecular formula is C12H22N4O6S. The number of aliphatic carboxylic acids is 1. The van der Waals surface area contributed by atoms with Gasteiger partial charge < -0.3 is 32.3 Å². The predicted octanol–water partition coefficient (Wildman–Crippen LogP) is -3.01. The van der Waals surface area contributed by atoms with Crippen LogP contribution < -0.4 is 22.1 Å². The second-order valence-electron chi connectivity index (χ2n) is 4.70. The molecule has 23 heavy (non-hydrogen) atoms. The van der Waals surface area contributed by atoms with Crippen LogP contribution >= 0.6 is 11.8 Å². The first-order valence-electron chi connectivity index (χ1n) is 6.70. The Morgan fingerprint density at radius 1 is 1.13 bits per heavy atom. The van der Waals surface area contributed by atoms with E-state index in [4.69, 9.17) is 21.7 Å². The second kappa shape index (κ2) is 10.8. The molecule has 0 aliphatic carbocycles. The lowest BCUT2D eigenvalue weighted by Crippen LogP contribution is -2.56. The van der Waals surface area contributed by atoms with Crippen molar-refractivity contribution in [2.75, 3.05) is 18.6 Å². The van der Waals surface area contributed by atoms with Gasteiger partial charge in [-0.3, -0.25) is 14.4 Å². The summed E-state index contributed by atoms with van der Waals surface area (Å²) in [6.45, 7) is -0.842. The number of amides is 3. The van der Waals surface area contributed by atoms with Gasteiger partial charge in [-0.05, 0) is 18.4 Å². The van der Waals surface area contributed by atoms with Gasteiger partial charge in [0.15, 0.2) is 0 Å². The van der Waals surface area contributed by atoms with Crippen LogP contribution in [0.15, 0.2) is 0 Å². The van der Waals surface area contributed by atoms with Crippen LogP contribution in [0, 0.1) is 0 Å². The van der Waals surface area contributed by atoms with Crippen LogP contribution in [0.3, 0.4) is 0 Å². The zero-order valence-electron chi connectivity index (χ0n) is 12.7. The summed E-state index contributed by atoms with van der Waals surface area (Å²) in [7, 11) is 0. The average molecular weight is 350 g/mol. The number of carbonyl (C=O) groups excluding carboxylic acids is 3. The number of thioether (sulfide) groups is 1. The summed E-state index contributed by atoms with van der Waals surface area (Å²) in [6, 6.07) is -3.80. The normalized spacial score (nSPS) is 14.4. The summed E-state index contributed by atoms with van der Waals surface area (Å²) in [5, 5.41) is 21.9. The lowest BCUT2D eigenvalue weighted by Gasteiger charge is -2.21. The van der Waals surface area contributed by atoms with E-state index in [0.29, 0.717) is 12.2 Å². The number of aliphatic hydroxyl groups excluding tert-OH is 1. The minimum Gasteiger partial charge on any atom is -0.480 e. The molecule has 10 nitrogen and oxygen atoms in total. The Morgan fingerprint density at radius 2 is 1.70 bits per heavy atom.